The van der Waals surface area contributed by atoms with E-state index in [1.54, 1.807) is 0 Å². The van der Waals surface area contributed by atoms with Crippen LogP contribution in [-0.4, -0.2) is 25.2 Å². The van der Waals surface area contributed by atoms with E-state index in [9.17, 15) is 13.2 Å². The SMILES string of the molecule is CC(CS(=O)(=O)Cc1ccc2c(c1)CCC2)C(=O)O. The molecule has 1 atom stereocenters. The summed E-state index contributed by atoms with van der Waals surface area (Å²) >= 11 is 0. The van der Waals surface area contributed by atoms with Crippen molar-refractivity contribution in [2.45, 2.75) is 31.9 Å². The predicted octanol–water partition coefficient (Wildman–Crippen LogP) is 1.81. The highest BCUT2D eigenvalue weighted by molar-refractivity contribution is 7.90. The van der Waals surface area contributed by atoms with Gasteiger partial charge in [-0.05, 0) is 36.0 Å². The molecule has 0 spiro atoms. The fraction of sp³-hybridized carbons (Fsp3) is 0.500. The summed E-state index contributed by atoms with van der Waals surface area (Å²) in [5, 5.41) is 8.77. The fourth-order valence-corrected chi connectivity index (χ4v) is 4.19. The van der Waals surface area contributed by atoms with Gasteiger partial charge in [-0.25, -0.2) is 8.42 Å². The van der Waals surface area contributed by atoms with Gasteiger partial charge >= 0.3 is 5.97 Å². The van der Waals surface area contributed by atoms with E-state index in [-0.39, 0.29) is 11.5 Å². The zero-order chi connectivity index (χ0) is 14.0. The molecule has 0 aromatic heterocycles. The van der Waals surface area contributed by atoms with Crippen LogP contribution in [0.15, 0.2) is 18.2 Å². The monoisotopic (exact) mass is 282 g/mol. The Morgan fingerprint density at radius 2 is 2.00 bits per heavy atom. The van der Waals surface area contributed by atoms with E-state index >= 15 is 0 Å². The lowest BCUT2D eigenvalue weighted by Gasteiger charge is -2.09. The molecule has 0 radical (unpaired) electrons. The Morgan fingerprint density at radius 1 is 1.32 bits per heavy atom. The molecule has 1 unspecified atom stereocenters. The van der Waals surface area contributed by atoms with E-state index < -0.39 is 21.7 Å². The topological polar surface area (TPSA) is 71.4 Å². The van der Waals surface area contributed by atoms with Gasteiger partial charge in [-0.15, -0.1) is 0 Å². The molecule has 104 valence electrons. The van der Waals surface area contributed by atoms with Gasteiger partial charge in [0.1, 0.15) is 0 Å². The van der Waals surface area contributed by atoms with Gasteiger partial charge in [-0.3, -0.25) is 4.79 Å². The maximum Gasteiger partial charge on any atom is 0.307 e. The van der Waals surface area contributed by atoms with Crippen LogP contribution in [0.2, 0.25) is 0 Å². The molecule has 1 aliphatic carbocycles. The lowest BCUT2D eigenvalue weighted by atomic mass is 10.1. The van der Waals surface area contributed by atoms with Crippen molar-refractivity contribution in [1.29, 1.82) is 0 Å². The molecular formula is C14H18O4S. The maximum absolute atomic E-state index is 12.0. The highest BCUT2D eigenvalue weighted by Crippen LogP contribution is 2.23. The van der Waals surface area contributed by atoms with Crippen LogP contribution < -0.4 is 0 Å². The molecule has 1 N–H and O–H groups in total. The quantitative estimate of drug-likeness (QED) is 0.894. The van der Waals surface area contributed by atoms with Gasteiger partial charge in [0.25, 0.3) is 0 Å². The number of aliphatic carboxylic acids is 1. The molecule has 0 saturated heterocycles. The van der Waals surface area contributed by atoms with Crippen LogP contribution in [0.25, 0.3) is 0 Å². The van der Waals surface area contributed by atoms with Gasteiger partial charge in [-0.1, -0.05) is 25.1 Å². The van der Waals surface area contributed by atoms with Crippen molar-refractivity contribution in [2.75, 3.05) is 5.75 Å². The minimum absolute atomic E-state index is 0.0715. The molecule has 0 fully saturated rings. The Bertz CT molecular complexity index is 589. The first kappa shape index (κ1) is 14.1. The maximum atomic E-state index is 12.0. The van der Waals surface area contributed by atoms with Crippen LogP contribution in [0.5, 0.6) is 0 Å². The minimum atomic E-state index is -3.38. The normalized spacial score (nSPS) is 16.1. The molecule has 1 aromatic carbocycles. The number of carboxylic acids is 1. The summed E-state index contributed by atoms with van der Waals surface area (Å²) in [5.41, 5.74) is 3.30. The average Bonchev–Trinajstić information content (AvgIpc) is 2.74. The lowest BCUT2D eigenvalue weighted by molar-refractivity contribution is -0.140. The zero-order valence-electron chi connectivity index (χ0n) is 10.9. The first-order valence-corrected chi connectivity index (χ1v) is 8.23. The smallest absolute Gasteiger partial charge is 0.307 e. The lowest BCUT2D eigenvalue weighted by Crippen LogP contribution is -2.22. The summed E-state index contributed by atoms with van der Waals surface area (Å²) in [6, 6.07) is 5.78. The van der Waals surface area contributed by atoms with E-state index in [0.29, 0.717) is 0 Å². The number of carbonyl (C=O) groups is 1. The molecule has 1 aliphatic rings. The molecule has 0 bridgehead atoms. The third-order valence-corrected chi connectivity index (χ3v) is 5.26. The first-order valence-electron chi connectivity index (χ1n) is 6.41. The molecule has 2 rings (SSSR count). The first-order chi connectivity index (χ1) is 8.87. The predicted molar refractivity (Wildman–Crippen MR) is 72.8 cm³/mol. The summed E-state index contributed by atoms with van der Waals surface area (Å²) in [7, 11) is -3.38. The van der Waals surface area contributed by atoms with Crippen molar-refractivity contribution in [2.24, 2.45) is 5.92 Å². The molecule has 4 nitrogen and oxygen atoms in total. The summed E-state index contributed by atoms with van der Waals surface area (Å²) < 4.78 is 23.9. The third-order valence-electron chi connectivity index (χ3n) is 3.47. The molecule has 0 aliphatic heterocycles. The standard InChI is InChI=1S/C14H18O4S/c1-10(14(15)16)8-19(17,18)9-11-5-6-12-3-2-4-13(12)7-11/h5-7,10H,2-4,8-9H2,1H3,(H,15,16). The molecule has 0 amide bonds. The Hall–Kier alpha value is -1.36. The van der Waals surface area contributed by atoms with Crippen molar-refractivity contribution in [3.05, 3.63) is 34.9 Å². The summed E-state index contributed by atoms with van der Waals surface area (Å²) in [6.45, 7) is 1.42. The highest BCUT2D eigenvalue weighted by atomic mass is 32.2. The van der Waals surface area contributed by atoms with Crippen molar-refractivity contribution < 1.29 is 18.3 Å². The Kier molecular flexibility index (Phi) is 3.94. The summed E-state index contributed by atoms with van der Waals surface area (Å²) in [4.78, 5) is 10.7. The van der Waals surface area contributed by atoms with E-state index in [2.05, 4.69) is 0 Å². The Morgan fingerprint density at radius 3 is 2.68 bits per heavy atom. The number of rotatable bonds is 5. The zero-order valence-corrected chi connectivity index (χ0v) is 11.7. The van der Waals surface area contributed by atoms with Gasteiger partial charge in [0.2, 0.25) is 0 Å². The largest absolute Gasteiger partial charge is 0.481 e. The average molecular weight is 282 g/mol. The van der Waals surface area contributed by atoms with Crippen LogP contribution in [0.3, 0.4) is 0 Å². The number of aryl methyl sites for hydroxylation is 2. The fourth-order valence-electron chi connectivity index (χ4n) is 2.48. The van der Waals surface area contributed by atoms with Crippen molar-refractivity contribution in [3.63, 3.8) is 0 Å². The number of fused-ring (bicyclic) bond motifs is 1. The van der Waals surface area contributed by atoms with Crippen LogP contribution in [0.4, 0.5) is 0 Å². The second kappa shape index (κ2) is 5.33. The number of carboxylic acid groups (broad SMARTS) is 1. The number of hydrogen-bond donors (Lipinski definition) is 1. The van der Waals surface area contributed by atoms with Gasteiger partial charge < -0.3 is 5.11 Å². The van der Waals surface area contributed by atoms with Crippen LogP contribution in [0.1, 0.15) is 30.0 Å². The summed E-state index contributed by atoms with van der Waals surface area (Å²) in [6.07, 6.45) is 3.20. The Labute approximate surface area is 113 Å². The van der Waals surface area contributed by atoms with Gasteiger partial charge in [0.15, 0.2) is 9.84 Å². The second-order valence-electron chi connectivity index (χ2n) is 5.25. The van der Waals surface area contributed by atoms with Crippen LogP contribution in [0, 0.1) is 5.92 Å². The van der Waals surface area contributed by atoms with Gasteiger partial charge in [0, 0.05) is 0 Å². The third kappa shape index (κ3) is 3.56. The number of sulfone groups is 1. The highest BCUT2D eigenvalue weighted by Gasteiger charge is 2.22. The molecule has 19 heavy (non-hydrogen) atoms. The molecular weight excluding hydrogens is 264 g/mol. The van der Waals surface area contributed by atoms with Gasteiger partial charge in [0.05, 0.1) is 17.4 Å². The second-order valence-corrected chi connectivity index (χ2v) is 7.36. The van der Waals surface area contributed by atoms with E-state index in [0.717, 1.165) is 24.8 Å². The molecule has 1 aromatic rings. The molecule has 0 saturated carbocycles. The molecule has 0 heterocycles. The van der Waals surface area contributed by atoms with Crippen LogP contribution >= 0.6 is 0 Å². The molecule has 5 heteroatoms. The van der Waals surface area contributed by atoms with Crippen LogP contribution in [-0.2, 0) is 33.2 Å². The van der Waals surface area contributed by atoms with E-state index in [1.807, 2.05) is 18.2 Å². The van der Waals surface area contributed by atoms with Crippen molar-refractivity contribution in [1.82, 2.24) is 0 Å². The Balaban J connectivity index is 2.10. The van der Waals surface area contributed by atoms with E-state index in [4.69, 9.17) is 5.11 Å². The van der Waals surface area contributed by atoms with Crippen molar-refractivity contribution >= 4 is 15.8 Å². The van der Waals surface area contributed by atoms with Gasteiger partial charge in [-0.2, -0.15) is 0 Å². The number of benzene rings is 1. The van der Waals surface area contributed by atoms with Crippen molar-refractivity contribution in [3.8, 4) is 0 Å². The van der Waals surface area contributed by atoms with E-state index in [1.165, 1.54) is 18.1 Å². The summed E-state index contributed by atoms with van der Waals surface area (Å²) in [5.74, 6) is -2.31. The number of hydrogen-bond acceptors (Lipinski definition) is 3. The minimum Gasteiger partial charge on any atom is -0.481 e.